The summed E-state index contributed by atoms with van der Waals surface area (Å²) in [6.07, 6.45) is 0. The summed E-state index contributed by atoms with van der Waals surface area (Å²) in [6.45, 7) is 3.32. The van der Waals surface area contributed by atoms with Crippen molar-refractivity contribution in [2.75, 3.05) is 7.11 Å². The number of ether oxygens (including phenoxy) is 1. The molecule has 186 valence electrons. The van der Waals surface area contributed by atoms with Crippen molar-refractivity contribution in [3.05, 3.63) is 121 Å². The molecule has 0 bridgehead atoms. The number of nitrogens with zero attached hydrogens (tertiary/aromatic N) is 2. The van der Waals surface area contributed by atoms with Crippen LogP contribution in [-0.2, 0) is 13.1 Å². The van der Waals surface area contributed by atoms with Crippen LogP contribution >= 0.6 is 11.6 Å². The maximum absolute atomic E-state index is 14.8. The molecule has 1 atom stereocenters. The van der Waals surface area contributed by atoms with E-state index < -0.39 is 23.1 Å². The molecule has 8 heteroatoms. The van der Waals surface area contributed by atoms with Gasteiger partial charge in [-0.1, -0.05) is 66.2 Å². The molecule has 3 aromatic carbocycles. The van der Waals surface area contributed by atoms with Gasteiger partial charge in [0.1, 0.15) is 11.6 Å². The number of halogens is 2. The van der Waals surface area contributed by atoms with E-state index >= 15 is 0 Å². The minimum atomic E-state index is -0.614. The van der Waals surface area contributed by atoms with Gasteiger partial charge in [0.25, 0.3) is 5.56 Å². The van der Waals surface area contributed by atoms with Gasteiger partial charge in [-0.25, -0.2) is 9.18 Å². The highest BCUT2D eigenvalue weighted by molar-refractivity contribution is 6.34. The van der Waals surface area contributed by atoms with Crippen LogP contribution in [0.5, 0.6) is 5.75 Å². The first-order valence-corrected chi connectivity index (χ1v) is 11.8. The minimum absolute atomic E-state index is 0.0569. The van der Waals surface area contributed by atoms with Gasteiger partial charge in [0.2, 0.25) is 0 Å². The number of benzene rings is 3. The van der Waals surface area contributed by atoms with E-state index in [9.17, 15) is 14.0 Å². The van der Waals surface area contributed by atoms with Gasteiger partial charge in [-0.2, -0.15) is 0 Å². The average Bonchev–Trinajstić information content (AvgIpc) is 2.87. The first kappa shape index (κ1) is 25.4. The number of hydrogen-bond acceptors (Lipinski definition) is 4. The molecule has 0 aliphatic heterocycles. The summed E-state index contributed by atoms with van der Waals surface area (Å²) in [5, 5.41) is 0.242. The highest BCUT2D eigenvalue weighted by atomic mass is 35.5. The van der Waals surface area contributed by atoms with Gasteiger partial charge in [-0.15, -0.1) is 0 Å². The van der Waals surface area contributed by atoms with Gasteiger partial charge >= 0.3 is 5.69 Å². The zero-order valence-electron chi connectivity index (χ0n) is 20.3. The molecule has 0 spiro atoms. The van der Waals surface area contributed by atoms with E-state index in [1.165, 1.54) is 17.7 Å². The van der Waals surface area contributed by atoms with Gasteiger partial charge < -0.3 is 10.5 Å². The Balaban J connectivity index is 1.98. The van der Waals surface area contributed by atoms with E-state index in [-0.39, 0.29) is 23.7 Å². The van der Waals surface area contributed by atoms with Crippen molar-refractivity contribution in [3.8, 4) is 16.9 Å². The third-order valence-corrected chi connectivity index (χ3v) is 6.81. The molecule has 1 aromatic heterocycles. The highest BCUT2D eigenvalue weighted by Gasteiger charge is 2.23. The average molecular weight is 508 g/mol. The molecule has 0 unspecified atom stereocenters. The molecule has 0 aliphatic rings. The lowest BCUT2D eigenvalue weighted by Gasteiger charge is -2.21. The zero-order chi connectivity index (χ0) is 26.0. The maximum Gasteiger partial charge on any atom is 0.331 e. The fourth-order valence-electron chi connectivity index (χ4n) is 4.35. The Bertz CT molecular complexity index is 1510. The molecule has 0 saturated carbocycles. The van der Waals surface area contributed by atoms with Crippen molar-refractivity contribution in [1.82, 2.24) is 9.13 Å². The van der Waals surface area contributed by atoms with E-state index in [1.54, 1.807) is 44.2 Å². The van der Waals surface area contributed by atoms with Crippen LogP contribution in [-0.4, -0.2) is 16.2 Å². The minimum Gasteiger partial charge on any atom is -0.495 e. The number of aryl methyl sites for hydroxylation is 1. The molecule has 2 N–H and O–H groups in total. The first-order chi connectivity index (χ1) is 17.2. The summed E-state index contributed by atoms with van der Waals surface area (Å²) in [5.41, 5.74) is 8.15. The summed E-state index contributed by atoms with van der Waals surface area (Å²) >= 11 is 6.60. The lowest BCUT2D eigenvalue weighted by atomic mass is 10.0. The summed E-state index contributed by atoms with van der Waals surface area (Å²) in [6, 6.07) is 18.4. The fourth-order valence-corrected chi connectivity index (χ4v) is 4.64. The van der Waals surface area contributed by atoms with Crippen molar-refractivity contribution in [2.24, 2.45) is 5.73 Å². The van der Waals surface area contributed by atoms with Crippen LogP contribution in [0, 0.1) is 19.7 Å². The fraction of sp³-hybridized carbons (Fsp3) is 0.214. The SMILES string of the molecule is COc1cccc(-c2c(C)n(Cc3c(C)cccc3F)c(=O)n(C[C@@H](N)c3ccccc3)c2=O)c1Cl. The highest BCUT2D eigenvalue weighted by Crippen LogP contribution is 2.35. The number of methoxy groups -OCH3 is 1. The normalized spacial score (nSPS) is 11.9. The van der Waals surface area contributed by atoms with E-state index in [4.69, 9.17) is 22.1 Å². The van der Waals surface area contributed by atoms with Crippen molar-refractivity contribution in [3.63, 3.8) is 0 Å². The van der Waals surface area contributed by atoms with Crippen molar-refractivity contribution in [2.45, 2.75) is 33.0 Å². The van der Waals surface area contributed by atoms with Crippen molar-refractivity contribution >= 4 is 11.6 Å². The molecule has 0 radical (unpaired) electrons. The zero-order valence-corrected chi connectivity index (χ0v) is 21.1. The van der Waals surface area contributed by atoms with Gasteiger partial charge in [0, 0.05) is 22.9 Å². The van der Waals surface area contributed by atoms with Crippen molar-refractivity contribution < 1.29 is 9.13 Å². The smallest absolute Gasteiger partial charge is 0.331 e. The Labute approximate surface area is 213 Å². The molecule has 4 aromatic rings. The van der Waals surface area contributed by atoms with E-state index in [2.05, 4.69) is 0 Å². The Morgan fingerprint density at radius 3 is 2.33 bits per heavy atom. The van der Waals surface area contributed by atoms with Gasteiger partial charge in [-0.05, 0) is 37.1 Å². The van der Waals surface area contributed by atoms with Crippen LogP contribution in [0.3, 0.4) is 0 Å². The Morgan fingerprint density at radius 1 is 0.972 bits per heavy atom. The molecular formula is C28H27ClFN3O3. The Hall–Kier alpha value is -3.68. The van der Waals surface area contributed by atoms with Crippen LogP contribution in [0.15, 0.2) is 76.3 Å². The Morgan fingerprint density at radius 2 is 1.67 bits per heavy atom. The maximum atomic E-state index is 14.8. The number of nitrogens with two attached hydrogens (primary N) is 1. The second-order valence-corrected chi connectivity index (χ2v) is 9.00. The van der Waals surface area contributed by atoms with E-state index in [0.29, 0.717) is 28.1 Å². The second kappa shape index (κ2) is 10.5. The number of rotatable bonds is 7. The largest absolute Gasteiger partial charge is 0.495 e. The van der Waals surface area contributed by atoms with Crippen LogP contribution < -0.4 is 21.7 Å². The lowest BCUT2D eigenvalue weighted by molar-refractivity contribution is 0.415. The monoisotopic (exact) mass is 507 g/mol. The standard InChI is InChI=1S/C28H27ClFN3O3/c1-17-9-7-13-22(30)21(17)15-32-18(2)25(20-12-8-14-24(36-3)26(20)29)27(34)33(28(32)35)16-23(31)19-10-5-4-6-11-19/h4-14,23H,15-16,31H2,1-3H3/t23-/m1/s1. The van der Waals surface area contributed by atoms with Crippen LogP contribution in [0.2, 0.25) is 5.02 Å². The second-order valence-electron chi connectivity index (χ2n) is 8.62. The van der Waals surface area contributed by atoms with E-state index in [1.807, 2.05) is 30.3 Å². The predicted octanol–water partition coefficient (Wildman–Crippen LogP) is 4.84. The predicted molar refractivity (Wildman–Crippen MR) is 140 cm³/mol. The summed E-state index contributed by atoms with van der Waals surface area (Å²) < 4.78 is 22.6. The Kier molecular flexibility index (Phi) is 7.43. The van der Waals surface area contributed by atoms with Crippen LogP contribution in [0.4, 0.5) is 4.39 Å². The molecule has 6 nitrogen and oxygen atoms in total. The molecular weight excluding hydrogens is 481 g/mol. The van der Waals surface area contributed by atoms with Gasteiger partial charge in [-0.3, -0.25) is 13.9 Å². The molecule has 0 saturated heterocycles. The summed E-state index contributed by atoms with van der Waals surface area (Å²) in [7, 11) is 1.48. The van der Waals surface area contributed by atoms with Gasteiger partial charge in [0.05, 0.1) is 30.8 Å². The van der Waals surface area contributed by atoms with Crippen LogP contribution in [0.25, 0.3) is 11.1 Å². The van der Waals surface area contributed by atoms with Crippen LogP contribution in [0.1, 0.15) is 28.4 Å². The van der Waals surface area contributed by atoms with E-state index in [0.717, 1.165) is 10.1 Å². The third kappa shape index (κ3) is 4.72. The first-order valence-electron chi connectivity index (χ1n) is 11.5. The molecule has 1 heterocycles. The number of hydrogen-bond donors (Lipinski definition) is 1. The van der Waals surface area contributed by atoms with Gasteiger partial charge in [0.15, 0.2) is 0 Å². The molecule has 0 fully saturated rings. The quantitative estimate of drug-likeness (QED) is 0.388. The summed E-state index contributed by atoms with van der Waals surface area (Å²) in [5.74, 6) is -0.0378. The number of aromatic nitrogens is 2. The molecule has 36 heavy (non-hydrogen) atoms. The summed E-state index contributed by atoms with van der Waals surface area (Å²) in [4.78, 5) is 27.5. The molecule has 0 amide bonds. The topological polar surface area (TPSA) is 79.2 Å². The van der Waals surface area contributed by atoms with Crippen molar-refractivity contribution in [1.29, 1.82) is 0 Å². The third-order valence-electron chi connectivity index (χ3n) is 6.42. The molecule has 4 rings (SSSR count). The molecule has 0 aliphatic carbocycles. The lowest BCUT2D eigenvalue weighted by Crippen LogP contribution is -2.44.